The number of benzene rings is 3. The van der Waals surface area contributed by atoms with Crippen molar-refractivity contribution in [3.8, 4) is 0 Å². The first-order valence-electron chi connectivity index (χ1n) is 8.91. The van der Waals surface area contributed by atoms with Crippen LogP contribution in [0.5, 0.6) is 0 Å². The summed E-state index contributed by atoms with van der Waals surface area (Å²) in [5, 5.41) is 3.26. The standard InChI is InChI=1S/C22H21ClN2O3S/c1-25(29(2,27)28)18-13-14-20(23)19(15-18)22(26)24-21(16-9-5-3-6-10-16)17-11-7-4-8-12-17/h3-15,21H,1-2H3,(H,24,26). The minimum Gasteiger partial charge on any atom is -0.341 e. The molecule has 0 unspecified atom stereocenters. The van der Waals surface area contributed by atoms with Crippen molar-refractivity contribution in [1.29, 1.82) is 0 Å². The number of carbonyl (C=O) groups is 1. The lowest BCUT2D eigenvalue weighted by atomic mass is 9.98. The predicted octanol–water partition coefficient (Wildman–Crippen LogP) is 4.26. The van der Waals surface area contributed by atoms with E-state index in [4.69, 9.17) is 11.6 Å². The molecule has 0 aliphatic heterocycles. The molecule has 3 aromatic carbocycles. The number of halogens is 1. The molecule has 7 heteroatoms. The molecule has 5 nitrogen and oxygen atoms in total. The third-order valence-electron chi connectivity index (χ3n) is 4.60. The molecule has 0 spiro atoms. The number of hydrogen-bond acceptors (Lipinski definition) is 3. The maximum absolute atomic E-state index is 13.1. The van der Waals surface area contributed by atoms with Gasteiger partial charge in [0.1, 0.15) is 0 Å². The predicted molar refractivity (Wildman–Crippen MR) is 117 cm³/mol. The highest BCUT2D eigenvalue weighted by Crippen LogP contribution is 2.27. The van der Waals surface area contributed by atoms with Crippen molar-refractivity contribution in [2.75, 3.05) is 17.6 Å². The Kier molecular flexibility index (Phi) is 6.25. The zero-order valence-electron chi connectivity index (χ0n) is 16.0. The lowest BCUT2D eigenvalue weighted by Gasteiger charge is -2.21. The Hall–Kier alpha value is -2.83. The lowest BCUT2D eigenvalue weighted by Crippen LogP contribution is -2.30. The molecule has 0 atom stereocenters. The molecule has 0 radical (unpaired) electrons. The van der Waals surface area contributed by atoms with Crippen LogP contribution in [-0.2, 0) is 10.0 Å². The van der Waals surface area contributed by atoms with E-state index in [1.807, 2.05) is 60.7 Å². The van der Waals surface area contributed by atoms with E-state index in [0.29, 0.717) is 5.69 Å². The van der Waals surface area contributed by atoms with Crippen LogP contribution in [0.25, 0.3) is 0 Å². The average Bonchev–Trinajstić information content (AvgIpc) is 2.72. The molecule has 0 saturated carbocycles. The lowest BCUT2D eigenvalue weighted by molar-refractivity contribution is 0.0943. The van der Waals surface area contributed by atoms with Gasteiger partial charge in [-0.2, -0.15) is 0 Å². The third kappa shape index (κ3) is 4.96. The molecule has 0 aliphatic carbocycles. The van der Waals surface area contributed by atoms with Crippen molar-refractivity contribution in [3.05, 3.63) is 101 Å². The molecule has 1 amide bonds. The Morgan fingerprint density at radius 2 is 1.45 bits per heavy atom. The third-order valence-corrected chi connectivity index (χ3v) is 6.13. The molecule has 3 aromatic rings. The molecular formula is C22H21ClN2O3S. The maximum atomic E-state index is 13.1. The average molecular weight is 429 g/mol. The highest BCUT2D eigenvalue weighted by atomic mass is 35.5. The molecule has 0 aromatic heterocycles. The van der Waals surface area contributed by atoms with Crippen LogP contribution in [0.15, 0.2) is 78.9 Å². The number of amides is 1. The van der Waals surface area contributed by atoms with Gasteiger partial charge in [0, 0.05) is 7.05 Å². The van der Waals surface area contributed by atoms with E-state index >= 15 is 0 Å². The van der Waals surface area contributed by atoms with Crippen LogP contribution in [0.2, 0.25) is 5.02 Å². The van der Waals surface area contributed by atoms with E-state index in [2.05, 4.69) is 5.32 Å². The summed E-state index contributed by atoms with van der Waals surface area (Å²) in [6.07, 6.45) is 1.10. The summed E-state index contributed by atoms with van der Waals surface area (Å²) in [4.78, 5) is 13.1. The number of sulfonamides is 1. The van der Waals surface area contributed by atoms with Gasteiger partial charge >= 0.3 is 0 Å². The minimum atomic E-state index is -3.46. The van der Waals surface area contributed by atoms with E-state index in [0.717, 1.165) is 21.7 Å². The second kappa shape index (κ2) is 8.68. The molecule has 0 bridgehead atoms. The van der Waals surface area contributed by atoms with E-state index in [1.54, 1.807) is 6.07 Å². The van der Waals surface area contributed by atoms with Crippen LogP contribution in [-0.4, -0.2) is 27.6 Å². The van der Waals surface area contributed by atoms with E-state index in [-0.39, 0.29) is 16.6 Å². The second-order valence-electron chi connectivity index (χ2n) is 6.62. The van der Waals surface area contributed by atoms with E-state index in [1.165, 1.54) is 19.2 Å². The molecule has 0 heterocycles. The smallest absolute Gasteiger partial charge is 0.253 e. The maximum Gasteiger partial charge on any atom is 0.253 e. The molecular weight excluding hydrogens is 408 g/mol. The summed E-state index contributed by atoms with van der Waals surface area (Å²) in [6, 6.07) is 23.4. The van der Waals surface area contributed by atoms with Crippen LogP contribution in [0.1, 0.15) is 27.5 Å². The second-order valence-corrected chi connectivity index (χ2v) is 9.04. The number of nitrogens with zero attached hydrogens (tertiary/aromatic N) is 1. The molecule has 0 saturated heterocycles. The first kappa shape index (κ1) is 20.9. The number of carbonyl (C=O) groups excluding carboxylic acids is 1. The van der Waals surface area contributed by atoms with E-state index in [9.17, 15) is 13.2 Å². The SMILES string of the molecule is CN(c1ccc(Cl)c(C(=O)NC(c2ccccc2)c2ccccc2)c1)S(C)(=O)=O. The van der Waals surface area contributed by atoms with Crippen LogP contribution in [0.3, 0.4) is 0 Å². The number of anilines is 1. The van der Waals surface area contributed by atoms with Gasteiger partial charge in [-0.3, -0.25) is 9.10 Å². The van der Waals surface area contributed by atoms with Gasteiger partial charge < -0.3 is 5.32 Å². The first-order chi connectivity index (χ1) is 13.8. The van der Waals surface area contributed by atoms with Gasteiger partial charge in [0.05, 0.1) is 28.6 Å². The van der Waals surface area contributed by atoms with Gasteiger partial charge in [-0.1, -0.05) is 72.3 Å². The highest BCUT2D eigenvalue weighted by molar-refractivity contribution is 7.92. The van der Waals surface area contributed by atoms with Gasteiger partial charge in [0.15, 0.2) is 0 Å². The fourth-order valence-corrected chi connectivity index (χ4v) is 3.63. The topological polar surface area (TPSA) is 66.5 Å². The summed E-state index contributed by atoms with van der Waals surface area (Å²) in [7, 11) is -2.03. The molecule has 0 fully saturated rings. The minimum absolute atomic E-state index is 0.205. The number of nitrogens with one attached hydrogen (secondary N) is 1. The number of hydrogen-bond donors (Lipinski definition) is 1. The van der Waals surface area contributed by atoms with Crippen molar-refractivity contribution < 1.29 is 13.2 Å². The Labute approximate surface area is 176 Å². The fourth-order valence-electron chi connectivity index (χ4n) is 2.93. The van der Waals surface area contributed by atoms with Gasteiger partial charge in [-0.05, 0) is 29.3 Å². The largest absolute Gasteiger partial charge is 0.341 e. The van der Waals surface area contributed by atoms with Crippen LogP contribution in [0, 0.1) is 0 Å². The van der Waals surface area contributed by atoms with Crippen molar-refractivity contribution in [2.24, 2.45) is 0 Å². The van der Waals surface area contributed by atoms with Gasteiger partial charge in [-0.15, -0.1) is 0 Å². The monoisotopic (exact) mass is 428 g/mol. The van der Waals surface area contributed by atoms with Crippen LogP contribution in [0.4, 0.5) is 5.69 Å². The Morgan fingerprint density at radius 3 is 1.93 bits per heavy atom. The van der Waals surface area contributed by atoms with Gasteiger partial charge in [0.25, 0.3) is 5.91 Å². The summed E-state index contributed by atoms with van der Waals surface area (Å²) < 4.78 is 24.8. The molecule has 1 N–H and O–H groups in total. The molecule has 29 heavy (non-hydrogen) atoms. The van der Waals surface area contributed by atoms with Crippen LogP contribution >= 0.6 is 11.6 Å². The molecule has 0 aliphatic rings. The Bertz CT molecular complexity index is 1060. The summed E-state index contributed by atoms with van der Waals surface area (Å²) in [5.41, 5.74) is 2.41. The van der Waals surface area contributed by atoms with E-state index < -0.39 is 15.9 Å². The molecule has 150 valence electrons. The van der Waals surface area contributed by atoms with Crippen molar-refractivity contribution >= 4 is 33.2 Å². The quantitative estimate of drug-likeness (QED) is 0.638. The van der Waals surface area contributed by atoms with Gasteiger partial charge in [0.2, 0.25) is 10.0 Å². The Balaban J connectivity index is 1.97. The Morgan fingerprint density at radius 1 is 0.931 bits per heavy atom. The zero-order valence-corrected chi connectivity index (χ0v) is 17.6. The highest BCUT2D eigenvalue weighted by Gasteiger charge is 2.21. The normalized spacial score (nSPS) is 11.3. The molecule has 3 rings (SSSR count). The zero-order chi connectivity index (χ0) is 21.0. The summed E-state index contributed by atoms with van der Waals surface area (Å²) >= 11 is 6.26. The van der Waals surface area contributed by atoms with Crippen LogP contribution < -0.4 is 9.62 Å². The van der Waals surface area contributed by atoms with Crippen molar-refractivity contribution in [1.82, 2.24) is 5.32 Å². The van der Waals surface area contributed by atoms with Gasteiger partial charge in [-0.25, -0.2) is 8.42 Å². The summed E-state index contributed by atoms with van der Waals surface area (Å²) in [5.74, 6) is -0.392. The van der Waals surface area contributed by atoms with Crippen molar-refractivity contribution in [2.45, 2.75) is 6.04 Å². The van der Waals surface area contributed by atoms with Crippen molar-refractivity contribution in [3.63, 3.8) is 0 Å². The summed E-state index contributed by atoms with van der Waals surface area (Å²) in [6.45, 7) is 0. The number of rotatable bonds is 6. The first-order valence-corrected chi connectivity index (χ1v) is 11.1. The fraction of sp³-hybridized carbons (Fsp3) is 0.136.